The fraction of sp³-hybridized carbons (Fsp3) is 0.579. The van der Waals surface area contributed by atoms with E-state index in [0.29, 0.717) is 19.1 Å². The SMILES string of the molecule is CC1Cc2ccccc2N1C(=O)C1CCN(C(=O)NC2CC2)CC1. The lowest BCUT2D eigenvalue weighted by molar-refractivity contribution is -0.123. The highest BCUT2D eigenvalue weighted by atomic mass is 16.2. The first-order valence-electron chi connectivity index (χ1n) is 9.10. The van der Waals surface area contributed by atoms with Gasteiger partial charge >= 0.3 is 6.03 Å². The number of urea groups is 1. The topological polar surface area (TPSA) is 52.7 Å². The van der Waals surface area contributed by atoms with Crippen LogP contribution in [0.15, 0.2) is 24.3 Å². The number of benzene rings is 1. The zero-order valence-electron chi connectivity index (χ0n) is 14.2. The Bertz CT molecular complexity index is 648. The van der Waals surface area contributed by atoms with Crippen molar-refractivity contribution in [1.29, 1.82) is 0 Å². The summed E-state index contributed by atoms with van der Waals surface area (Å²) in [6, 6.07) is 8.87. The summed E-state index contributed by atoms with van der Waals surface area (Å²) >= 11 is 0. The van der Waals surface area contributed by atoms with Crippen LogP contribution in [0.1, 0.15) is 38.2 Å². The highest BCUT2D eigenvalue weighted by Crippen LogP contribution is 2.34. The molecule has 1 aliphatic carbocycles. The van der Waals surface area contributed by atoms with Gasteiger partial charge in [-0.15, -0.1) is 0 Å². The molecule has 5 nitrogen and oxygen atoms in total. The lowest BCUT2D eigenvalue weighted by Gasteiger charge is -2.34. The van der Waals surface area contributed by atoms with Crippen LogP contribution in [0.4, 0.5) is 10.5 Å². The third kappa shape index (κ3) is 2.87. The predicted molar refractivity (Wildman–Crippen MR) is 92.9 cm³/mol. The number of rotatable bonds is 2. The monoisotopic (exact) mass is 327 g/mol. The summed E-state index contributed by atoms with van der Waals surface area (Å²) in [5.74, 6) is 0.262. The van der Waals surface area contributed by atoms with E-state index in [1.165, 1.54) is 5.56 Å². The Hall–Kier alpha value is -2.04. The minimum atomic E-state index is 0.0311. The molecule has 3 amide bonds. The average Bonchev–Trinajstić information content (AvgIpc) is 3.34. The van der Waals surface area contributed by atoms with Gasteiger partial charge in [-0.3, -0.25) is 4.79 Å². The Morgan fingerprint density at radius 3 is 2.50 bits per heavy atom. The summed E-state index contributed by atoms with van der Waals surface area (Å²) in [5.41, 5.74) is 2.34. The molecule has 1 N–H and O–H groups in total. The molecule has 1 saturated carbocycles. The van der Waals surface area contributed by atoms with Crippen molar-refractivity contribution in [3.8, 4) is 0 Å². The van der Waals surface area contributed by atoms with Gasteiger partial charge in [0, 0.05) is 36.8 Å². The van der Waals surface area contributed by atoms with Crippen LogP contribution in [0.25, 0.3) is 0 Å². The Morgan fingerprint density at radius 1 is 1.08 bits per heavy atom. The first-order chi connectivity index (χ1) is 11.6. The number of para-hydroxylation sites is 1. The maximum absolute atomic E-state index is 13.0. The lowest BCUT2D eigenvalue weighted by atomic mass is 9.95. The van der Waals surface area contributed by atoms with Gasteiger partial charge in [-0.25, -0.2) is 4.79 Å². The first kappa shape index (κ1) is 15.5. The predicted octanol–water partition coefficient (Wildman–Crippen LogP) is 2.55. The summed E-state index contributed by atoms with van der Waals surface area (Å²) in [7, 11) is 0. The van der Waals surface area contributed by atoms with E-state index >= 15 is 0 Å². The Labute approximate surface area is 143 Å². The van der Waals surface area contributed by atoms with Gasteiger partial charge in [0.1, 0.15) is 0 Å². The summed E-state index contributed by atoms with van der Waals surface area (Å²) in [6.07, 6.45) is 4.68. The van der Waals surface area contributed by atoms with Crippen LogP contribution in [0.5, 0.6) is 0 Å². The molecule has 1 aromatic rings. The molecule has 0 radical (unpaired) electrons. The third-order valence-electron chi connectivity index (χ3n) is 5.48. The standard InChI is InChI=1S/C19H25N3O2/c1-13-12-15-4-2-3-5-17(15)22(13)18(23)14-8-10-21(11-9-14)19(24)20-16-6-7-16/h2-5,13-14,16H,6-12H2,1H3,(H,20,24). The molecule has 1 unspecified atom stereocenters. The summed E-state index contributed by atoms with van der Waals surface area (Å²) in [4.78, 5) is 29.0. The highest BCUT2D eigenvalue weighted by Gasteiger charge is 2.37. The largest absolute Gasteiger partial charge is 0.335 e. The number of piperidine rings is 1. The van der Waals surface area contributed by atoms with E-state index in [1.54, 1.807) is 0 Å². The van der Waals surface area contributed by atoms with Gasteiger partial charge < -0.3 is 15.1 Å². The number of carbonyl (C=O) groups excluding carboxylic acids is 2. The summed E-state index contributed by atoms with van der Waals surface area (Å²) in [5, 5.41) is 3.03. The normalized spacial score (nSPS) is 24.0. The average molecular weight is 327 g/mol. The van der Waals surface area contributed by atoms with E-state index < -0.39 is 0 Å². The van der Waals surface area contributed by atoms with E-state index in [1.807, 2.05) is 21.9 Å². The molecule has 2 fully saturated rings. The second-order valence-electron chi connectivity index (χ2n) is 7.38. The fourth-order valence-corrected chi connectivity index (χ4v) is 3.92. The van der Waals surface area contributed by atoms with Gasteiger partial charge in [0.05, 0.1) is 0 Å². The lowest BCUT2D eigenvalue weighted by Crippen LogP contribution is -2.48. The number of hydrogen-bond acceptors (Lipinski definition) is 2. The number of nitrogens with zero attached hydrogens (tertiary/aromatic N) is 2. The maximum atomic E-state index is 13.0. The second-order valence-corrected chi connectivity index (χ2v) is 7.38. The van der Waals surface area contributed by atoms with Crippen LogP contribution < -0.4 is 10.2 Å². The van der Waals surface area contributed by atoms with Crippen LogP contribution in [-0.2, 0) is 11.2 Å². The van der Waals surface area contributed by atoms with Gasteiger partial charge in [-0.2, -0.15) is 0 Å². The van der Waals surface area contributed by atoms with E-state index in [0.717, 1.165) is 37.8 Å². The highest BCUT2D eigenvalue weighted by molar-refractivity contribution is 5.97. The molecule has 2 heterocycles. The van der Waals surface area contributed by atoms with Crippen LogP contribution in [0.2, 0.25) is 0 Å². The number of hydrogen-bond donors (Lipinski definition) is 1. The van der Waals surface area contributed by atoms with E-state index in [2.05, 4.69) is 24.4 Å². The molecular weight excluding hydrogens is 302 g/mol. The maximum Gasteiger partial charge on any atom is 0.317 e. The molecule has 2 aliphatic heterocycles. The van der Waals surface area contributed by atoms with Crippen molar-refractivity contribution in [2.45, 2.75) is 51.1 Å². The number of carbonyl (C=O) groups is 2. The Kier molecular flexibility index (Phi) is 3.94. The van der Waals surface area contributed by atoms with Crippen molar-refractivity contribution in [3.63, 3.8) is 0 Å². The van der Waals surface area contributed by atoms with Crippen LogP contribution >= 0.6 is 0 Å². The Balaban J connectivity index is 1.38. The number of fused-ring (bicyclic) bond motifs is 1. The molecule has 1 saturated heterocycles. The molecule has 24 heavy (non-hydrogen) atoms. The minimum Gasteiger partial charge on any atom is -0.335 e. The van der Waals surface area contributed by atoms with Gasteiger partial charge in [0.2, 0.25) is 5.91 Å². The number of likely N-dealkylation sites (tertiary alicyclic amines) is 1. The van der Waals surface area contributed by atoms with Crippen molar-refractivity contribution in [2.75, 3.05) is 18.0 Å². The molecule has 0 aromatic heterocycles. The molecular formula is C19H25N3O2. The third-order valence-corrected chi connectivity index (χ3v) is 5.48. The zero-order chi connectivity index (χ0) is 16.7. The number of amides is 3. The van der Waals surface area contributed by atoms with Crippen LogP contribution in [0.3, 0.4) is 0 Å². The molecule has 3 aliphatic rings. The summed E-state index contributed by atoms with van der Waals surface area (Å²) < 4.78 is 0. The fourth-order valence-electron chi connectivity index (χ4n) is 3.92. The van der Waals surface area contributed by atoms with E-state index in [9.17, 15) is 9.59 Å². The van der Waals surface area contributed by atoms with Gasteiger partial charge in [-0.05, 0) is 50.7 Å². The smallest absolute Gasteiger partial charge is 0.317 e. The Morgan fingerprint density at radius 2 is 1.79 bits per heavy atom. The summed E-state index contributed by atoms with van der Waals surface area (Å²) in [6.45, 7) is 3.48. The van der Waals surface area contributed by atoms with Crippen molar-refractivity contribution >= 4 is 17.6 Å². The molecule has 0 bridgehead atoms. The minimum absolute atomic E-state index is 0.0311. The van der Waals surface area contributed by atoms with E-state index in [4.69, 9.17) is 0 Å². The number of anilines is 1. The van der Waals surface area contributed by atoms with Crippen LogP contribution in [0, 0.1) is 5.92 Å². The van der Waals surface area contributed by atoms with Crippen LogP contribution in [-0.4, -0.2) is 42.0 Å². The molecule has 1 aromatic carbocycles. The molecule has 0 spiro atoms. The molecule has 1 atom stereocenters. The van der Waals surface area contributed by atoms with Crippen molar-refractivity contribution in [2.24, 2.45) is 5.92 Å². The molecule has 4 rings (SSSR count). The van der Waals surface area contributed by atoms with Gasteiger partial charge in [-0.1, -0.05) is 18.2 Å². The zero-order valence-corrected chi connectivity index (χ0v) is 14.2. The van der Waals surface area contributed by atoms with Gasteiger partial charge in [0.25, 0.3) is 0 Å². The molecule has 128 valence electrons. The first-order valence-corrected chi connectivity index (χ1v) is 9.10. The second kappa shape index (κ2) is 6.11. The van der Waals surface area contributed by atoms with Crippen molar-refractivity contribution < 1.29 is 9.59 Å². The van der Waals surface area contributed by atoms with Gasteiger partial charge in [0.15, 0.2) is 0 Å². The van der Waals surface area contributed by atoms with Crippen molar-refractivity contribution in [1.82, 2.24) is 10.2 Å². The number of nitrogens with one attached hydrogen (secondary N) is 1. The quantitative estimate of drug-likeness (QED) is 0.907. The molecule has 5 heteroatoms. The van der Waals surface area contributed by atoms with Crippen molar-refractivity contribution in [3.05, 3.63) is 29.8 Å². The van der Waals surface area contributed by atoms with E-state index in [-0.39, 0.29) is 23.9 Å².